The smallest absolute Gasteiger partial charge is 0.122 e. The third-order valence-electron chi connectivity index (χ3n) is 11.3. The van der Waals surface area contributed by atoms with Gasteiger partial charge in [0.05, 0.1) is 0 Å². The van der Waals surface area contributed by atoms with Crippen LogP contribution in [0.5, 0.6) is 11.5 Å². The van der Waals surface area contributed by atoms with E-state index in [-0.39, 0.29) is 11.8 Å². The number of aryl methyl sites for hydroxylation is 4. The normalized spacial score (nSPS) is 12.7. The summed E-state index contributed by atoms with van der Waals surface area (Å²) < 4.78 is 0. The Morgan fingerprint density at radius 2 is 0.804 bits per heavy atom. The van der Waals surface area contributed by atoms with Crippen molar-refractivity contribution in [1.82, 2.24) is 0 Å². The lowest BCUT2D eigenvalue weighted by atomic mass is 9.84. The van der Waals surface area contributed by atoms with Crippen LogP contribution in [0, 0.1) is 13.8 Å². The molecule has 4 aromatic carbocycles. The standard InChI is InChI=1S/C49H68O2/c1-7-9-11-13-15-17-19-27-40-31-42(48(50)46(33-40)38(5)44-29-23-21-25-36(44)3)35-43-32-41(28-20-18-16-14-12-10-8-2)34-47(49(43)51)39(6)45-30-24-22-26-37(45)4/h21-26,29-34,38-39,50-51H,7-20,27-28,35H2,1-6H3. The summed E-state index contributed by atoms with van der Waals surface area (Å²) in [6.45, 7) is 13.3. The van der Waals surface area contributed by atoms with E-state index in [1.807, 2.05) is 0 Å². The van der Waals surface area contributed by atoms with Crippen LogP contribution >= 0.6 is 0 Å². The molecule has 0 saturated carbocycles. The van der Waals surface area contributed by atoms with Crippen molar-refractivity contribution in [1.29, 1.82) is 0 Å². The molecule has 2 nitrogen and oxygen atoms in total. The highest BCUT2D eigenvalue weighted by Gasteiger charge is 2.22. The van der Waals surface area contributed by atoms with Gasteiger partial charge in [0, 0.05) is 29.4 Å². The third-order valence-corrected chi connectivity index (χ3v) is 11.3. The maximum absolute atomic E-state index is 12.0. The first kappa shape index (κ1) is 40.3. The topological polar surface area (TPSA) is 40.5 Å². The van der Waals surface area contributed by atoms with Gasteiger partial charge in [0.15, 0.2) is 0 Å². The predicted molar refractivity (Wildman–Crippen MR) is 220 cm³/mol. The minimum Gasteiger partial charge on any atom is -0.507 e. The molecule has 0 saturated heterocycles. The molecule has 0 fully saturated rings. The summed E-state index contributed by atoms with van der Waals surface area (Å²) in [6.07, 6.45) is 20.4. The predicted octanol–water partition coefficient (Wildman–Crippen LogP) is 14.2. The molecule has 0 aliphatic heterocycles. The lowest BCUT2D eigenvalue weighted by Gasteiger charge is -2.22. The maximum Gasteiger partial charge on any atom is 0.122 e. The van der Waals surface area contributed by atoms with E-state index in [9.17, 15) is 10.2 Å². The third kappa shape index (κ3) is 11.7. The molecule has 0 spiro atoms. The number of benzene rings is 4. The molecule has 0 bridgehead atoms. The molecule has 2 heteroatoms. The van der Waals surface area contributed by atoms with Crippen LogP contribution in [-0.2, 0) is 19.3 Å². The number of hydrogen-bond acceptors (Lipinski definition) is 2. The van der Waals surface area contributed by atoms with Crippen molar-refractivity contribution in [2.24, 2.45) is 0 Å². The van der Waals surface area contributed by atoms with E-state index in [2.05, 4.69) is 114 Å². The Labute approximate surface area is 311 Å². The molecular formula is C49H68O2. The van der Waals surface area contributed by atoms with Crippen molar-refractivity contribution < 1.29 is 10.2 Å². The summed E-state index contributed by atoms with van der Waals surface area (Å²) in [4.78, 5) is 0. The summed E-state index contributed by atoms with van der Waals surface area (Å²) in [5.74, 6) is 0.875. The van der Waals surface area contributed by atoms with Gasteiger partial charge in [-0.25, -0.2) is 0 Å². The Balaban J connectivity index is 1.68. The van der Waals surface area contributed by atoms with Crippen molar-refractivity contribution in [3.8, 4) is 11.5 Å². The van der Waals surface area contributed by atoms with E-state index >= 15 is 0 Å². The van der Waals surface area contributed by atoms with Crippen LogP contribution in [0.15, 0.2) is 72.8 Å². The fourth-order valence-electron chi connectivity index (χ4n) is 8.05. The number of aromatic hydroxyl groups is 2. The average Bonchev–Trinajstić information content (AvgIpc) is 3.13. The van der Waals surface area contributed by atoms with Gasteiger partial charge in [0.2, 0.25) is 0 Å². The summed E-state index contributed by atoms with van der Waals surface area (Å²) in [5, 5.41) is 24.0. The zero-order chi connectivity index (χ0) is 36.6. The summed E-state index contributed by atoms with van der Waals surface area (Å²) in [6, 6.07) is 26.1. The van der Waals surface area contributed by atoms with Crippen molar-refractivity contribution in [2.75, 3.05) is 0 Å². The molecule has 51 heavy (non-hydrogen) atoms. The van der Waals surface area contributed by atoms with E-state index in [1.54, 1.807) is 0 Å². The Kier molecular flexibility index (Phi) is 16.7. The van der Waals surface area contributed by atoms with Crippen LogP contribution in [0.4, 0.5) is 0 Å². The Hall–Kier alpha value is -3.52. The minimum absolute atomic E-state index is 0.0628. The van der Waals surface area contributed by atoms with Crippen LogP contribution < -0.4 is 0 Å². The quantitative estimate of drug-likeness (QED) is 0.0807. The van der Waals surface area contributed by atoms with E-state index in [4.69, 9.17) is 0 Å². The molecule has 0 radical (unpaired) electrons. The Morgan fingerprint density at radius 3 is 1.18 bits per heavy atom. The monoisotopic (exact) mass is 689 g/mol. The van der Waals surface area contributed by atoms with Gasteiger partial charge in [-0.3, -0.25) is 0 Å². The first-order valence-electron chi connectivity index (χ1n) is 20.5. The van der Waals surface area contributed by atoms with Gasteiger partial charge in [-0.1, -0.05) is 178 Å². The fourth-order valence-corrected chi connectivity index (χ4v) is 8.05. The zero-order valence-corrected chi connectivity index (χ0v) is 33.0. The lowest BCUT2D eigenvalue weighted by molar-refractivity contribution is 0.453. The molecular weight excluding hydrogens is 621 g/mol. The zero-order valence-electron chi connectivity index (χ0n) is 33.0. The lowest BCUT2D eigenvalue weighted by Crippen LogP contribution is -2.05. The molecule has 2 N–H and O–H groups in total. The molecule has 4 rings (SSSR count). The SMILES string of the molecule is CCCCCCCCCc1cc(Cc2cc(CCCCCCCCC)cc(C(C)c3ccccc3C)c2O)c(O)c(C(C)c2ccccc2C)c1. The van der Waals surface area contributed by atoms with Crippen molar-refractivity contribution in [2.45, 2.75) is 163 Å². The highest BCUT2D eigenvalue weighted by atomic mass is 16.3. The van der Waals surface area contributed by atoms with Gasteiger partial charge in [0.25, 0.3) is 0 Å². The molecule has 0 amide bonds. The second-order valence-electron chi connectivity index (χ2n) is 15.5. The molecule has 4 aromatic rings. The van der Waals surface area contributed by atoms with Crippen molar-refractivity contribution in [3.63, 3.8) is 0 Å². The van der Waals surface area contributed by atoms with Gasteiger partial charge < -0.3 is 10.2 Å². The summed E-state index contributed by atoms with van der Waals surface area (Å²) >= 11 is 0. The summed E-state index contributed by atoms with van der Waals surface area (Å²) in [7, 11) is 0. The molecule has 0 aromatic heterocycles. The van der Waals surface area contributed by atoms with Crippen LogP contribution in [0.25, 0.3) is 0 Å². The van der Waals surface area contributed by atoms with Crippen LogP contribution in [0.2, 0.25) is 0 Å². The van der Waals surface area contributed by atoms with Gasteiger partial charge in [-0.2, -0.15) is 0 Å². The number of phenols is 2. The van der Waals surface area contributed by atoms with Crippen LogP contribution in [-0.4, -0.2) is 10.2 Å². The molecule has 2 unspecified atom stereocenters. The van der Waals surface area contributed by atoms with Crippen molar-refractivity contribution >= 4 is 0 Å². The number of rotatable bonds is 22. The van der Waals surface area contributed by atoms with Crippen LogP contribution in [0.1, 0.15) is 185 Å². The van der Waals surface area contributed by atoms with Crippen molar-refractivity contribution in [3.05, 3.63) is 128 Å². The van der Waals surface area contributed by atoms with Gasteiger partial charge in [-0.05, 0) is 84.0 Å². The first-order valence-corrected chi connectivity index (χ1v) is 20.5. The van der Waals surface area contributed by atoms with Crippen LogP contribution in [0.3, 0.4) is 0 Å². The molecule has 0 aliphatic rings. The molecule has 0 heterocycles. The van der Waals surface area contributed by atoms with Gasteiger partial charge in [-0.15, -0.1) is 0 Å². The average molecular weight is 689 g/mol. The summed E-state index contributed by atoms with van der Waals surface area (Å²) in [5.41, 5.74) is 11.4. The van der Waals surface area contributed by atoms with E-state index in [1.165, 1.54) is 110 Å². The second-order valence-corrected chi connectivity index (χ2v) is 15.5. The first-order chi connectivity index (χ1) is 24.7. The maximum atomic E-state index is 12.0. The van der Waals surface area contributed by atoms with Gasteiger partial charge in [0.1, 0.15) is 11.5 Å². The van der Waals surface area contributed by atoms with E-state index in [0.717, 1.165) is 47.9 Å². The second kappa shape index (κ2) is 21.1. The molecule has 276 valence electrons. The largest absolute Gasteiger partial charge is 0.507 e. The van der Waals surface area contributed by atoms with E-state index in [0.29, 0.717) is 17.9 Å². The number of hydrogen-bond donors (Lipinski definition) is 2. The minimum atomic E-state index is 0.0628. The Morgan fingerprint density at radius 1 is 0.451 bits per heavy atom. The highest BCUT2D eigenvalue weighted by Crippen LogP contribution is 2.41. The van der Waals surface area contributed by atoms with E-state index < -0.39 is 0 Å². The highest BCUT2D eigenvalue weighted by molar-refractivity contribution is 5.55. The number of unbranched alkanes of at least 4 members (excludes halogenated alkanes) is 12. The number of phenolic OH excluding ortho intramolecular Hbond substituents is 2. The van der Waals surface area contributed by atoms with Gasteiger partial charge >= 0.3 is 0 Å². The Bertz CT molecular complexity index is 1510. The molecule has 0 aliphatic carbocycles. The molecule has 2 atom stereocenters. The fraction of sp³-hybridized carbons (Fsp3) is 0.510.